The summed E-state index contributed by atoms with van der Waals surface area (Å²) in [6.07, 6.45) is 1.59. The van der Waals surface area contributed by atoms with Crippen molar-refractivity contribution in [2.24, 2.45) is 0 Å². The van der Waals surface area contributed by atoms with E-state index in [9.17, 15) is 14.4 Å². The quantitative estimate of drug-likeness (QED) is 0.337. The highest BCUT2D eigenvalue weighted by Gasteiger charge is 2.36. The lowest BCUT2D eigenvalue weighted by atomic mass is 10.1. The van der Waals surface area contributed by atoms with Crippen LogP contribution in [0.4, 0.5) is 4.79 Å². The summed E-state index contributed by atoms with van der Waals surface area (Å²) < 4.78 is 12.5. The first kappa shape index (κ1) is 22.6. The molecule has 1 heterocycles. The number of carbonyl (C=O) groups is 3. The van der Waals surface area contributed by atoms with Crippen LogP contribution >= 0.6 is 43.6 Å². The Kier molecular flexibility index (Phi) is 7.74. The van der Waals surface area contributed by atoms with Crippen LogP contribution in [-0.4, -0.2) is 35.2 Å². The zero-order valence-corrected chi connectivity index (χ0v) is 19.9. The smallest absolute Gasteiger partial charge is 0.326 e. The van der Waals surface area contributed by atoms with Crippen LogP contribution in [0.25, 0.3) is 6.08 Å². The number of amides is 2. The Morgan fingerprint density at radius 2 is 1.80 bits per heavy atom. The minimum Gasteiger partial charge on any atom is -0.488 e. The molecular weight excluding hydrogens is 538 g/mol. The summed E-state index contributed by atoms with van der Waals surface area (Å²) in [6, 6.07) is 13.2. The summed E-state index contributed by atoms with van der Waals surface area (Å²) >= 11 is 7.60. The van der Waals surface area contributed by atoms with Crippen molar-refractivity contribution in [3.63, 3.8) is 0 Å². The first-order valence-electron chi connectivity index (χ1n) is 8.95. The molecule has 0 spiro atoms. The molecule has 0 N–H and O–H groups in total. The fraction of sp³-hybridized carbons (Fsp3) is 0.190. The van der Waals surface area contributed by atoms with Gasteiger partial charge in [0.2, 0.25) is 0 Å². The van der Waals surface area contributed by atoms with Crippen LogP contribution in [0.1, 0.15) is 18.1 Å². The largest absolute Gasteiger partial charge is 0.488 e. The second kappa shape index (κ2) is 10.3. The summed E-state index contributed by atoms with van der Waals surface area (Å²) in [5, 5.41) is -0.508. The number of halogens is 2. The lowest BCUT2D eigenvalue weighted by Crippen LogP contribution is -2.34. The van der Waals surface area contributed by atoms with Crippen molar-refractivity contribution in [3.05, 3.63) is 67.4 Å². The number of imide groups is 1. The van der Waals surface area contributed by atoms with E-state index in [0.717, 1.165) is 31.2 Å². The molecule has 0 unspecified atom stereocenters. The van der Waals surface area contributed by atoms with Gasteiger partial charge < -0.3 is 9.47 Å². The fourth-order valence-electron chi connectivity index (χ4n) is 2.62. The number of thioether (sulfide) groups is 1. The Labute approximate surface area is 194 Å². The molecule has 2 aromatic carbocycles. The summed E-state index contributed by atoms with van der Waals surface area (Å²) in [6.45, 7) is 1.79. The molecule has 0 saturated carbocycles. The van der Waals surface area contributed by atoms with E-state index in [0.29, 0.717) is 17.9 Å². The normalized spacial score (nSPS) is 15.0. The number of carbonyl (C=O) groups excluding carboxylic acids is 3. The third-order valence-electron chi connectivity index (χ3n) is 4.03. The maximum absolute atomic E-state index is 12.6. The monoisotopic (exact) mass is 553 g/mol. The average Bonchev–Trinajstić information content (AvgIpc) is 2.96. The zero-order chi connectivity index (χ0) is 21.7. The Bertz CT molecular complexity index is 1010. The third-order valence-corrected chi connectivity index (χ3v) is 5.96. The van der Waals surface area contributed by atoms with Crippen molar-refractivity contribution in [2.45, 2.75) is 13.5 Å². The first-order valence-corrected chi connectivity index (χ1v) is 11.4. The molecule has 0 radical (unpaired) electrons. The zero-order valence-electron chi connectivity index (χ0n) is 15.9. The maximum atomic E-state index is 12.6. The molecule has 1 fully saturated rings. The van der Waals surface area contributed by atoms with Gasteiger partial charge in [-0.3, -0.25) is 19.3 Å². The van der Waals surface area contributed by atoms with Crippen LogP contribution in [0.3, 0.4) is 0 Å². The number of hydrogen-bond donors (Lipinski definition) is 0. The molecule has 1 saturated heterocycles. The van der Waals surface area contributed by atoms with Crippen molar-refractivity contribution >= 4 is 66.8 Å². The van der Waals surface area contributed by atoms with Gasteiger partial charge in [0.05, 0.1) is 11.5 Å². The Hall–Kier alpha value is -2.10. The summed E-state index contributed by atoms with van der Waals surface area (Å²) in [7, 11) is 0. The van der Waals surface area contributed by atoms with E-state index < -0.39 is 23.7 Å². The number of benzene rings is 2. The van der Waals surface area contributed by atoms with Gasteiger partial charge in [0.1, 0.15) is 18.9 Å². The molecule has 0 aliphatic carbocycles. The summed E-state index contributed by atoms with van der Waals surface area (Å²) in [5.41, 5.74) is 1.63. The summed E-state index contributed by atoms with van der Waals surface area (Å²) in [4.78, 5) is 37.6. The SMILES string of the molecule is CCOC(=O)CN1C(=O)S/C(=C/c2cc(Br)ccc2OCc2ccc(Br)cc2)C1=O. The van der Waals surface area contributed by atoms with Crippen LogP contribution in [0.2, 0.25) is 0 Å². The molecule has 9 heteroatoms. The lowest BCUT2D eigenvalue weighted by molar-refractivity contribution is -0.145. The predicted molar refractivity (Wildman–Crippen MR) is 122 cm³/mol. The van der Waals surface area contributed by atoms with E-state index >= 15 is 0 Å². The molecule has 1 aliphatic heterocycles. The van der Waals surface area contributed by atoms with Gasteiger partial charge in [-0.2, -0.15) is 0 Å². The van der Waals surface area contributed by atoms with E-state index in [4.69, 9.17) is 9.47 Å². The van der Waals surface area contributed by atoms with Gasteiger partial charge >= 0.3 is 5.97 Å². The standard InChI is InChI=1S/C21H17Br2NO5S/c1-2-28-19(25)11-24-20(26)18(30-21(24)27)10-14-9-16(23)7-8-17(14)29-12-13-3-5-15(22)6-4-13/h3-10H,2,11-12H2,1H3/b18-10+. The topological polar surface area (TPSA) is 72.9 Å². The molecule has 2 amide bonds. The molecule has 156 valence electrons. The number of ether oxygens (including phenoxy) is 2. The van der Waals surface area contributed by atoms with Crippen molar-refractivity contribution in [2.75, 3.05) is 13.2 Å². The number of esters is 1. The van der Waals surface area contributed by atoms with Gasteiger partial charge in [0.15, 0.2) is 0 Å². The van der Waals surface area contributed by atoms with Crippen molar-refractivity contribution in [1.82, 2.24) is 4.90 Å². The predicted octanol–water partition coefficient (Wildman–Crippen LogP) is 5.39. The molecule has 1 aliphatic rings. The van der Waals surface area contributed by atoms with E-state index in [-0.39, 0.29) is 11.5 Å². The Morgan fingerprint density at radius 1 is 1.10 bits per heavy atom. The number of rotatable bonds is 7. The minimum atomic E-state index is -0.623. The molecule has 30 heavy (non-hydrogen) atoms. The van der Waals surface area contributed by atoms with Crippen molar-refractivity contribution in [3.8, 4) is 5.75 Å². The highest BCUT2D eigenvalue weighted by molar-refractivity contribution is 9.10. The average molecular weight is 555 g/mol. The third kappa shape index (κ3) is 5.74. The molecular formula is C21H17Br2NO5S. The van der Waals surface area contributed by atoms with Gasteiger partial charge in [-0.05, 0) is 60.7 Å². The maximum Gasteiger partial charge on any atom is 0.326 e. The van der Waals surface area contributed by atoms with Crippen LogP contribution in [0.15, 0.2) is 56.3 Å². The highest BCUT2D eigenvalue weighted by atomic mass is 79.9. The molecule has 0 bridgehead atoms. The van der Waals surface area contributed by atoms with E-state index in [1.807, 2.05) is 30.3 Å². The van der Waals surface area contributed by atoms with Gasteiger partial charge in [0, 0.05) is 14.5 Å². The number of hydrogen-bond acceptors (Lipinski definition) is 6. The first-order chi connectivity index (χ1) is 14.4. The summed E-state index contributed by atoms with van der Waals surface area (Å²) in [5.74, 6) is -0.586. The lowest BCUT2D eigenvalue weighted by Gasteiger charge is -2.11. The van der Waals surface area contributed by atoms with Crippen molar-refractivity contribution in [1.29, 1.82) is 0 Å². The molecule has 0 aromatic heterocycles. The molecule has 2 aromatic rings. The molecule has 6 nitrogen and oxygen atoms in total. The van der Waals surface area contributed by atoms with Gasteiger partial charge in [0.25, 0.3) is 11.1 Å². The van der Waals surface area contributed by atoms with Crippen molar-refractivity contribution < 1.29 is 23.9 Å². The Morgan fingerprint density at radius 3 is 2.50 bits per heavy atom. The second-order valence-corrected chi connectivity index (χ2v) is 8.99. The van der Waals surface area contributed by atoms with Crippen LogP contribution in [-0.2, 0) is 20.9 Å². The second-order valence-electron chi connectivity index (χ2n) is 6.17. The van der Waals surface area contributed by atoms with E-state index in [2.05, 4.69) is 31.9 Å². The van der Waals surface area contributed by atoms with Gasteiger partial charge in [-0.1, -0.05) is 44.0 Å². The van der Waals surface area contributed by atoms with Crippen LogP contribution in [0.5, 0.6) is 5.75 Å². The van der Waals surface area contributed by atoms with E-state index in [1.165, 1.54) is 0 Å². The van der Waals surface area contributed by atoms with Crippen LogP contribution < -0.4 is 4.74 Å². The Balaban J connectivity index is 1.79. The molecule has 0 atom stereocenters. The number of nitrogens with zero attached hydrogens (tertiary/aromatic N) is 1. The fourth-order valence-corrected chi connectivity index (χ4v) is 4.09. The van der Waals surface area contributed by atoms with Gasteiger partial charge in [-0.15, -0.1) is 0 Å². The highest BCUT2D eigenvalue weighted by Crippen LogP contribution is 2.35. The molecule has 3 rings (SSSR count). The van der Waals surface area contributed by atoms with Crippen LogP contribution in [0, 0.1) is 0 Å². The van der Waals surface area contributed by atoms with Gasteiger partial charge in [-0.25, -0.2) is 0 Å². The van der Waals surface area contributed by atoms with E-state index in [1.54, 1.807) is 25.1 Å². The minimum absolute atomic E-state index is 0.183.